The van der Waals surface area contributed by atoms with Gasteiger partial charge >= 0.3 is 6.03 Å². The normalized spacial score (nSPS) is 12.0. The fourth-order valence-electron chi connectivity index (χ4n) is 2.65. The molecule has 0 aliphatic carbocycles. The molecule has 0 aliphatic heterocycles. The van der Waals surface area contributed by atoms with Crippen molar-refractivity contribution in [3.8, 4) is 0 Å². The highest BCUT2D eigenvalue weighted by molar-refractivity contribution is 5.74. The number of amides is 2. The first-order valence-corrected chi connectivity index (χ1v) is 8.43. The van der Waals surface area contributed by atoms with Crippen LogP contribution in [0.5, 0.6) is 0 Å². The number of urea groups is 1. The van der Waals surface area contributed by atoms with E-state index in [-0.39, 0.29) is 24.5 Å². The Morgan fingerprint density at radius 1 is 0.917 bits per heavy atom. The van der Waals surface area contributed by atoms with Crippen molar-refractivity contribution < 1.29 is 9.90 Å². The summed E-state index contributed by atoms with van der Waals surface area (Å²) in [6, 6.07) is 20.2. The van der Waals surface area contributed by atoms with Gasteiger partial charge in [0, 0.05) is 25.6 Å². The van der Waals surface area contributed by atoms with Gasteiger partial charge in [-0.25, -0.2) is 4.79 Å². The lowest BCUT2D eigenvalue weighted by Crippen LogP contribution is -2.40. The van der Waals surface area contributed by atoms with Crippen molar-refractivity contribution in [2.45, 2.75) is 19.3 Å². The maximum Gasteiger partial charge on any atom is 0.314 e. The van der Waals surface area contributed by atoms with Crippen molar-refractivity contribution in [2.75, 3.05) is 19.7 Å². The van der Waals surface area contributed by atoms with E-state index >= 15 is 0 Å². The van der Waals surface area contributed by atoms with Crippen LogP contribution in [0, 0.1) is 5.92 Å². The van der Waals surface area contributed by atoms with Crippen LogP contribution in [0.1, 0.15) is 30.4 Å². The van der Waals surface area contributed by atoms with Crippen molar-refractivity contribution in [3.63, 3.8) is 0 Å². The minimum absolute atomic E-state index is 0.119. The number of aliphatic hydroxyl groups is 1. The largest absolute Gasteiger partial charge is 0.396 e. The zero-order chi connectivity index (χ0) is 17.2. The Balaban J connectivity index is 1.96. The molecule has 2 rings (SSSR count). The zero-order valence-corrected chi connectivity index (χ0v) is 14.1. The Morgan fingerprint density at radius 2 is 1.42 bits per heavy atom. The lowest BCUT2D eigenvalue weighted by Gasteiger charge is -2.19. The molecular weight excluding hydrogens is 300 g/mol. The quantitative estimate of drug-likeness (QED) is 0.698. The average molecular weight is 326 g/mol. The Labute approximate surface area is 143 Å². The van der Waals surface area contributed by atoms with E-state index in [1.807, 2.05) is 43.3 Å². The van der Waals surface area contributed by atoms with Gasteiger partial charge in [-0.1, -0.05) is 67.6 Å². The highest BCUT2D eigenvalue weighted by Gasteiger charge is 2.15. The van der Waals surface area contributed by atoms with Crippen LogP contribution in [0.2, 0.25) is 0 Å². The minimum Gasteiger partial charge on any atom is -0.396 e. The summed E-state index contributed by atoms with van der Waals surface area (Å²) < 4.78 is 0. The number of hydrogen-bond donors (Lipinski definition) is 3. The predicted molar refractivity (Wildman–Crippen MR) is 97.0 cm³/mol. The molecule has 3 N–H and O–H groups in total. The van der Waals surface area contributed by atoms with Crippen LogP contribution < -0.4 is 10.6 Å². The van der Waals surface area contributed by atoms with Crippen molar-refractivity contribution in [1.82, 2.24) is 10.6 Å². The average Bonchev–Trinajstić information content (AvgIpc) is 2.62. The molecule has 0 heterocycles. The van der Waals surface area contributed by atoms with Crippen molar-refractivity contribution in [3.05, 3.63) is 71.8 Å². The summed E-state index contributed by atoms with van der Waals surface area (Å²) in [5.74, 6) is 0.382. The molecule has 0 radical (unpaired) electrons. The molecule has 128 valence electrons. The molecule has 0 bridgehead atoms. The molecule has 4 heteroatoms. The van der Waals surface area contributed by atoms with E-state index in [9.17, 15) is 4.79 Å². The molecule has 0 spiro atoms. The number of aliphatic hydroxyl groups excluding tert-OH is 1. The fourth-order valence-corrected chi connectivity index (χ4v) is 2.65. The SMILES string of the molecule is CC(CCO)CNC(=O)NCC(c1ccccc1)c1ccccc1. The summed E-state index contributed by atoms with van der Waals surface area (Å²) >= 11 is 0. The molecule has 0 fully saturated rings. The molecule has 4 nitrogen and oxygen atoms in total. The van der Waals surface area contributed by atoms with Crippen LogP contribution in [0.25, 0.3) is 0 Å². The van der Waals surface area contributed by atoms with Crippen molar-refractivity contribution in [1.29, 1.82) is 0 Å². The first-order valence-electron chi connectivity index (χ1n) is 8.43. The lowest BCUT2D eigenvalue weighted by molar-refractivity contribution is 0.233. The smallest absolute Gasteiger partial charge is 0.314 e. The van der Waals surface area contributed by atoms with Gasteiger partial charge in [0.2, 0.25) is 0 Å². The standard InChI is InChI=1S/C20H26N2O2/c1-16(12-13-23)14-21-20(24)22-15-19(17-8-4-2-5-9-17)18-10-6-3-7-11-18/h2-11,16,19,23H,12-15H2,1H3,(H2,21,22,24). The van der Waals surface area contributed by atoms with Crippen LogP contribution in [-0.4, -0.2) is 30.8 Å². The molecule has 1 atom stereocenters. The molecule has 0 saturated heterocycles. The molecule has 0 saturated carbocycles. The van der Waals surface area contributed by atoms with E-state index in [4.69, 9.17) is 5.11 Å². The minimum atomic E-state index is -0.170. The highest BCUT2D eigenvalue weighted by atomic mass is 16.3. The Kier molecular flexibility index (Phi) is 7.30. The van der Waals surface area contributed by atoms with E-state index in [0.717, 1.165) is 0 Å². The molecule has 2 aromatic carbocycles. The van der Waals surface area contributed by atoms with Gasteiger partial charge in [-0.2, -0.15) is 0 Å². The summed E-state index contributed by atoms with van der Waals surface area (Å²) in [5, 5.41) is 14.7. The van der Waals surface area contributed by atoms with Gasteiger partial charge in [-0.15, -0.1) is 0 Å². The molecule has 1 unspecified atom stereocenters. The number of nitrogens with one attached hydrogen (secondary N) is 2. The summed E-state index contributed by atoms with van der Waals surface area (Å²) in [6.45, 7) is 3.25. The highest BCUT2D eigenvalue weighted by Crippen LogP contribution is 2.23. The number of carbonyl (C=O) groups is 1. The van der Waals surface area contributed by atoms with Gasteiger partial charge in [0.15, 0.2) is 0 Å². The number of hydrogen-bond acceptors (Lipinski definition) is 2. The van der Waals surface area contributed by atoms with Crippen molar-refractivity contribution >= 4 is 6.03 Å². The summed E-state index contributed by atoms with van der Waals surface area (Å²) in [6.07, 6.45) is 0.691. The number of benzene rings is 2. The van der Waals surface area contributed by atoms with Gasteiger partial charge in [0.25, 0.3) is 0 Å². The maximum atomic E-state index is 12.0. The van der Waals surface area contributed by atoms with Crippen LogP contribution in [0.15, 0.2) is 60.7 Å². The molecule has 2 aromatic rings. The molecule has 0 aliphatic rings. The molecule has 0 aromatic heterocycles. The maximum absolute atomic E-state index is 12.0. The van der Waals surface area contributed by atoms with Crippen molar-refractivity contribution in [2.24, 2.45) is 5.92 Å². The van der Waals surface area contributed by atoms with Crippen LogP contribution in [0.4, 0.5) is 4.79 Å². The molecule has 2 amide bonds. The van der Waals surface area contributed by atoms with Gasteiger partial charge < -0.3 is 15.7 Å². The van der Waals surface area contributed by atoms with E-state index in [1.165, 1.54) is 11.1 Å². The van der Waals surface area contributed by atoms with E-state index in [0.29, 0.717) is 19.5 Å². The van der Waals surface area contributed by atoms with E-state index < -0.39 is 0 Å². The summed E-state index contributed by atoms with van der Waals surface area (Å²) in [5.41, 5.74) is 2.36. The Morgan fingerprint density at radius 3 is 1.92 bits per heavy atom. The van der Waals surface area contributed by atoms with Crippen LogP contribution in [0.3, 0.4) is 0 Å². The monoisotopic (exact) mass is 326 g/mol. The third-order valence-electron chi connectivity index (χ3n) is 4.10. The van der Waals surface area contributed by atoms with Gasteiger partial charge in [-0.3, -0.25) is 0 Å². The predicted octanol–water partition coefficient (Wildman–Crippen LogP) is 3.14. The second-order valence-corrected chi connectivity index (χ2v) is 6.08. The number of rotatable bonds is 8. The van der Waals surface area contributed by atoms with Gasteiger partial charge in [0.1, 0.15) is 0 Å². The number of carbonyl (C=O) groups excluding carboxylic acids is 1. The first-order chi connectivity index (χ1) is 11.7. The Bertz CT molecular complexity index is 562. The summed E-state index contributed by atoms with van der Waals surface area (Å²) in [7, 11) is 0. The topological polar surface area (TPSA) is 61.4 Å². The van der Waals surface area contributed by atoms with E-state index in [1.54, 1.807) is 0 Å². The van der Waals surface area contributed by atoms with Crippen LogP contribution in [-0.2, 0) is 0 Å². The Hall–Kier alpha value is -2.33. The van der Waals surface area contributed by atoms with E-state index in [2.05, 4.69) is 34.9 Å². The second-order valence-electron chi connectivity index (χ2n) is 6.08. The summed E-state index contributed by atoms with van der Waals surface area (Å²) in [4.78, 5) is 12.0. The third-order valence-corrected chi connectivity index (χ3v) is 4.10. The second kappa shape index (κ2) is 9.73. The third kappa shape index (κ3) is 5.70. The first kappa shape index (κ1) is 18.0. The van der Waals surface area contributed by atoms with Gasteiger partial charge in [0.05, 0.1) is 0 Å². The molecule has 24 heavy (non-hydrogen) atoms. The lowest BCUT2D eigenvalue weighted by atomic mass is 9.91. The van der Waals surface area contributed by atoms with Gasteiger partial charge in [-0.05, 0) is 23.5 Å². The van der Waals surface area contributed by atoms with Crippen LogP contribution >= 0.6 is 0 Å². The molecular formula is C20H26N2O2. The zero-order valence-electron chi connectivity index (χ0n) is 14.1. The fraction of sp³-hybridized carbons (Fsp3) is 0.350.